The van der Waals surface area contributed by atoms with Crippen LogP contribution >= 0.6 is 0 Å². The van der Waals surface area contributed by atoms with Gasteiger partial charge < -0.3 is 10.1 Å². The van der Waals surface area contributed by atoms with Crippen LogP contribution in [-0.4, -0.2) is 57.5 Å². The summed E-state index contributed by atoms with van der Waals surface area (Å²) in [7, 11) is 0. The lowest BCUT2D eigenvalue weighted by molar-refractivity contribution is 0.0187. The third-order valence-electron chi connectivity index (χ3n) is 5.85. The maximum absolute atomic E-state index is 12.7. The first-order chi connectivity index (χ1) is 15.7. The molecular weight excluding hydrogens is 404 g/mol. The molecule has 4 aromatic rings. The van der Waals surface area contributed by atoms with Crippen LogP contribution in [0.3, 0.4) is 0 Å². The van der Waals surface area contributed by atoms with E-state index in [0.29, 0.717) is 23.5 Å². The normalized spacial score (nSPS) is 15.7. The Balaban J connectivity index is 1.44. The second-order valence-electron chi connectivity index (χ2n) is 8.00. The summed E-state index contributed by atoms with van der Waals surface area (Å²) in [6.07, 6.45) is 1.56. The molecule has 0 amide bonds. The molecule has 1 unspecified atom stereocenters. The van der Waals surface area contributed by atoms with E-state index in [0.717, 1.165) is 32.0 Å². The van der Waals surface area contributed by atoms with E-state index in [4.69, 9.17) is 4.74 Å². The predicted molar refractivity (Wildman–Crippen MR) is 124 cm³/mol. The first kappa shape index (κ1) is 20.4. The average molecular weight is 431 g/mol. The number of benzene rings is 2. The first-order valence-corrected chi connectivity index (χ1v) is 10.8. The number of morpholine rings is 1. The molecule has 8 nitrogen and oxygen atoms in total. The molecule has 2 aromatic heterocycles. The smallest absolute Gasteiger partial charge is 0.263 e. The summed E-state index contributed by atoms with van der Waals surface area (Å²) < 4.78 is 7.24. The summed E-state index contributed by atoms with van der Waals surface area (Å²) in [5.74, 6) is 0.436. The van der Waals surface area contributed by atoms with Gasteiger partial charge in [0.15, 0.2) is 5.65 Å². The Kier molecular flexibility index (Phi) is 5.70. The van der Waals surface area contributed by atoms with E-state index in [-0.39, 0.29) is 11.6 Å². The topological polar surface area (TPSA) is 88.1 Å². The van der Waals surface area contributed by atoms with Gasteiger partial charge in [-0.1, -0.05) is 48.0 Å². The van der Waals surface area contributed by atoms with Gasteiger partial charge in [0.25, 0.3) is 5.56 Å². The van der Waals surface area contributed by atoms with Gasteiger partial charge in [-0.15, -0.1) is 0 Å². The van der Waals surface area contributed by atoms with Gasteiger partial charge in [0.1, 0.15) is 5.39 Å². The molecule has 1 atom stereocenters. The zero-order chi connectivity index (χ0) is 21.9. The Morgan fingerprint density at radius 3 is 2.59 bits per heavy atom. The van der Waals surface area contributed by atoms with Crippen LogP contribution in [0.5, 0.6) is 0 Å². The predicted octanol–water partition coefficient (Wildman–Crippen LogP) is 2.90. The van der Waals surface area contributed by atoms with E-state index >= 15 is 0 Å². The van der Waals surface area contributed by atoms with E-state index in [2.05, 4.69) is 56.5 Å². The Bertz CT molecular complexity index is 1240. The second kappa shape index (κ2) is 8.94. The summed E-state index contributed by atoms with van der Waals surface area (Å²) in [6.45, 7) is 5.87. The van der Waals surface area contributed by atoms with Gasteiger partial charge >= 0.3 is 0 Å². The summed E-state index contributed by atoms with van der Waals surface area (Å²) in [6, 6.07) is 18.4. The molecule has 0 radical (unpaired) electrons. The van der Waals surface area contributed by atoms with E-state index in [1.807, 2.05) is 30.3 Å². The van der Waals surface area contributed by atoms with Crippen LogP contribution in [0.15, 0.2) is 65.6 Å². The summed E-state index contributed by atoms with van der Waals surface area (Å²) in [5, 5.41) is 8.20. The minimum Gasteiger partial charge on any atom is -0.379 e. The lowest BCUT2D eigenvalue weighted by Crippen LogP contribution is -2.41. The van der Waals surface area contributed by atoms with Gasteiger partial charge in [0, 0.05) is 19.6 Å². The van der Waals surface area contributed by atoms with Crippen molar-refractivity contribution in [2.75, 3.05) is 38.2 Å². The van der Waals surface area contributed by atoms with Gasteiger partial charge in [-0.25, -0.2) is 4.68 Å². The van der Waals surface area contributed by atoms with Crippen molar-refractivity contribution in [3.8, 4) is 5.69 Å². The van der Waals surface area contributed by atoms with Gasteiger partial charge in [-0.3, -0.25) is 14.7 Å². The van der Waals surface area contributed by atoms with Crippen LogP contribution in [0.1, 0.15) is 17.2 Å². The third-order valence-corrected chi connectivity index (χ3v) is 5.85. The van der Waals surface area contributed by atoms with Crippen molar-refractivity contribution in [1.29, 1.82) is 0 Å². The number of aromatic nitrogens is 4. The Morgan fingerprint density at radius 2 is 1.84 bits per heavy atom. The lowest BCUT2D eigenvalue weighted by atomic mass is 10.0. The van der Waals surface area contributed by atoms with Crippen LogP contribution in [0.4, 0.5) is 5.95 Å². The number of rotatable bonds is 6. The number of ether oxygens (including phenoxy) is 1. The number of hydrogen-bond acceptors (Lipinski definition) is 6. The Labute approximate surface area is 185 Å². The first-order valence-electron chi connectivity index (χ1n) is 10.8. The molecule has 1 aliphatic rings. The van der Waals surface area contributed by atoms with Crippen molar-refractivity contribution in [1.82, 2.24) is 24.6 Å². The minimum absolute atomic E-state index is 0.138. The van der Waals surface area contributed by atoms with Crippen LogP contribution < -0.4 is 10.9 Å². The second-order valence-corrected chi connectivity index (χ2v) is 8.00. The number of H-pyrrole nitrogens is 1. The van der Waals surface area contributed by atoms with Crippen LogP contribution in [-0.2, 0) is 4.74 Å². The van der Waals surface area contributed by atoms with Crippen molar-refractivity contribution < 1.29 is 4.74 Å². The number of fused-ring (bicyclic) bond motifs is 1. The van der Waals surface area contributed by atoms with Crippen molar-refractivity contribution in [2.45, 2.75) is 13.0 Å². The molecule has 1 aliphatic heterocycles. The average Bonchev–Trinajstić information content (AvgIpc) is 3.26. The monoisotopic (exact) mass is 430 g/mol. The van der Waals surface area contributed by atoms with Crippen LogP contribution in [0.25, 0.3) is 16.7 Å². The number of anilines is 1. The van der Waals surface area contributed by atoms with Gasteiger partial charge in [0.2, 0.25) is 5.95 Å². The molecule has 0 bridgehead atoms. The SMILES string of the molecule is Cc1ccc(C(CNc2nc3c(cnn3-c3ccccc3)c(=O)[nH]2)N2CCOCC2)cc1. The summed E-state index contributed by atoms with van der Waals surface area (Å²) in [5.41, 5.74) is 3.63. The highest BCUT2D eigenvalue weighted by atomic mass is 16.5. The molecule has 2 aromatic carbocycles. The molecule has 1 saturated heterocycles. The molecule has 2 N–H and O–H groups in total. The van der Waals surface area contributed by atoms with Crippen molar-refractivity contribution in [3.63, 3.8) is 0 Å². The van der Waals surface area contributed by atoms with Crippen molar-refractivity contribution in [2.24, 2.45) is 0 Å². The highest BCUT2D eigenvalue weighted by Gasteiger charge is 2.23. The summed E-state index contributed by atoms with van der Waals surface area (Å²) in [4.78, 5) is 22.6. The Morgan fingerprint density at radius 1 is 1.09 bits per heavy atom. The third kappa shape index (κ3) is 4.15. The molecular formula is C24H26N6O2. The number of para-hydroxylation sites is 1. The number of nitrogens with one attached hydrogen (secondary N) is 2. The van der Waals surface area contributed by atoms with Crippen LogP contribution in [0.2, 0.25) is 0 Å². The number of aryl methyl sites for hydroxylation is 1. The molecule has 1 fully saturated rings. The quantitative estimate of drug-likeness (QED) is 0.489. The molecule has 164 valence electrons. The molecule has 3 heterocycles. The van der Waals surface area contributed by atoms with Gasteiger partial charge in [-0.2, -0.15) is 10.1 Å². The molecule has 0 spiro atoms. The van der Waals surface area contributed by atoms with E-state index in [1.165, 1.54) is 11.1 Å². The van der Waals surface area contributed by atoms with Gasteiger partial charge in [0.05, 0.1) is 31.1 Å². The highest BCUT2D eigenvalue weighted by molar-refractivity contribution is 5.76. The fourth-order valence-corrected chi connectivity index (χ4v) is 4.09. The summed E-state index contributed by atoms with van der Waals surface area (Å²) >= 11 is 0. The minimum atomic E-state index is -0.210. The lowest BCUT2D eigenvalue weighted by Gasteiger charge is -2.35. The molecule has 0 saturated carbocycles. The largest absolute Gasteiger partial charge is 0.379 e. The molecule has 8 heteroatoms. The maximum atomic E-state index is 12.7. The number of hydrogen-bond donors (Lipinski definition) is 2. The Hall–Kier alpha value is -3.49. The fourth-order valence-electron chi connectivity index (χ4n) is 4.09. The molecule has 0 aliphatic carbocycles. The van der Waals surface area contributed by atoms with Crippen molar-refractivity contribution >= 4 is 17.0 Å². The number of nitrogens with zero attached hydrogens (tertiary/aromatic N) is 4. The van der Waals surface area contributed by atoms with E-state index < -0.39 is 0 Å². The number of aromatic amines is 1. The zero-order valence-corrected chi connectivity index (χ0v) is 18.0. The van der Waals surface area contributed by atoms with Crippen molar-refractivity contribution in [3.05, 3.63) is 82.3 Å². The molecule has 32 heavy (non-hydrogen) atoms. The zero-order valence-electron chi connectivity index (χ0n) is 18.0. The maximum Gasteiger partial charge on any atom is 0.263 e. The highest BCUT2D eigenvalue weighted by Crippen LogP contribution is 2.23. The molecule has 5 rings (SSSR count). The van der Waals surface area contributed by atoms with E-state index in [9.17, 15) is 4.79 Å². The fraction of sp³-hybridized carbons (Fsp3) is 0.292. The standard InChI is InChI=1S/C24H26N6O2/c1-17-7-9-18(10-8-17)21(29-11-13-32-14-12-29)16-25-24-27-22-20(23(31)28-24)15-26-30(22)19-5-3-2-4-6-19/h2-10,15,21H,11-14,16H2,1H3,(H2,25,27,28,31). The van der Waals surface area contributed by atoms with E-state index in [1.54, 1.807) is 10.9 Å². The van der Waals surface area contributed by atoms with Crippen LogP contribution in [0, 0.1) is 6.92 Å². The van der Waals surface area contributed by atoms with Gasteiger partial charge in [-0.05, 0) is 24.6 Å².